The van der Waals surface area contributed by atoms with E-state index in [2.05, 4.69) is 5.32 Å². The number of nitrogens with one attached hydrogen (secondary N) is 1. The lowest BCUT2D eigenvalue weighted by Gasteiger charge is -2.12. The Morgan fingerprint density at radius 1 is 1.43 bits per heavy atom. The highest BCUT2D eigenvalue weighted by atomic mass is 35.5. The van der Waals surface area contributed by atoms with Crippen LogP contribution in [-0.2, 0) is 0 Å². The maximum atomic E-state index is 5.96. The number of hydrogen-bond donors (Lipinski definition) is 2. The van der Waals surface area contributed by atoms with Gasteiger partial charge in [0.05, 0.1) is 10.7 Å². The Kier molecular flexibility index (Phi) is 4.52. The summed E-state index contributed by atoms with van der Waals surface area (Å²) in [6.07, 6.45) is 0.936. The predicted octanol–water partition coefficient (Wildman–Crippen LogP) is 3.14. The summed E-state index contributed by atoms with van der Waals surface area (Å²) in [5.41, 5.74) is 6.61. The van der Waals surface area contributed by atoms with Crippen molar-refractivity contribution in [3.05, 3.63) is 28.2 Å². The van der Waals surface area contributed by atoms with Crippen LogP contribution in [0.3, 0.4) is 0 Å². The van der Waals surface area contributed by atoms with Gasteiger partial charge in [-0.25, -0.2) is 0 Å². The number of anilines is 1. The van der Waals surface area contributed by atoms with Crippen molar-refractivity contribution in [1.82, 2.24) is 0 Å². The Labute approximate surface area is 94.4 Å². The average Bonchev–Trinajstić information content (AvgIpc) is 2.19. The van der Waals surface area contributed by atoms with Gasteiger partial charge in [-0.1, -0.05) is 30.1 Å². The molecule has 0 saturated carbocycles. The van der Waals surface area contributed by atoms with Gasteiger partial charge in [-0.05, 0) is 24.6 Å². The number of benzene rings is 1. The molecule has 4 heteroatoms. The minimum absolute atomic E-state index is 0.144. The first-order valence-electron chi connectivity index (χ1n) is 4.58. The first kappa shape index (κ1) is 11.6. The third-order valence-electron chi connectivity index (χ3n) is 2.01. The molecule has 0 aliphatic carbocycles. The highest BCUT2D eigenvalue weighted by molar-refractivity contribution is 6.35. The SMILES string of the molecule is CCC(N)CNc1cc(Cl)ccc1Cl. The summed E-state index contributed by atoms with van der Waals surface area (Å²) in [6, 6.07) is 5.47. The van der Waals surface area contributed by atoms with E-state index in [9.17, 15) is 0 Å². The fourth-order valence-electron chi connectivity index (χ4n) is 1.02. The second-order valence-electron chi connectivity index (χ2n) is 3.17. The topological polar surface area (TPSA) is 38.0 Å². The van der Waals surface area contributed by atoms with E-state index in [1.807, 2.05) is 6.92 Å². The summed E-state index contributed by atoms with van der Waals surface area (Å²) in [4.78, 5) is 0. The molecular formula is C10H14Cl2N2. The molecule has 0 spiro atoms. The minimum atomic E-state index is 0.144. The molecule has 0 aliphatic heterocycles. The Bertz CT molecular complexity index is 302. The van der Waals surface area contributed by atoms with Crippen LogP contribution in [0.1, 0.15) is 13.3 Å². The van der Waals surface area contributed by atoms with Crippen molar-refractivity contribution < 1.29 is 0 Å². The smallest absolute Gasteiger partial charge is 0.0638 e. The quantitative estimate of drug-likeness (QED) is 0.838. The Balaban J connectivity index is 2.62. The van der Waals surface area contributed by atoms with E-state index in [1.54, 1.807) is 18.2 Å². The third kappa shape index (κ3) is 3.37. The van der Waals surface area contributed by atoms with Gasteiger partial charge in [0.15, 0.2) is 0 Å². The summed E-state index contributed by atoms with van der Waals surface area (Å²) in [5.74, 6) is 0. The van der Waals surface area contributed by atoms with Gasteiger partial charge >= 0.3 is 0 Å². The molecule has 1 atom stereocenters. The van der Waals surface area contributed by atoms with Crippen molar-refractivity contribution in [2.45, 2.75) is 19.4 Å². The minimum Gasteiger partial charge on any atom is -0.382 e. The Morgan fingerprint density at radius 2 is 2.14 bits per heavy atom. The normalized spacial score (nSPS) is 12.6. The highest BCUT2D eigenvalue weighted by Gasteiger charge is 2.03. The lowest BCUT2D eigenvalue weighted by atomic mass is 10.2. The zero-order chi connectivity index (χ0) is 10.6. The Hall–Kier alpha value is -0.440. The van der Waals surface area contributed by atoms with Gasteiger partial charge in [-0.15, -0.1) is 0 Å². The monoisotopic (exact) mass is 232 g/mol. The largest absolute Gasteiger partial charge is 0.382 e. The number of halogens is 2. The van der Waals surface area contributed by atoms with E-state index >= 15 is 0 Å². The fourth-order valence-corrected chi connectivity index (χ4v) is 1.37. The van der Waals surface area contributed by atoms with Crippen LogP contribution in [0.5, 0.6) is 0 Å². The molecule has 0 aromatic heterocycles. The van der Waals surface area contributed by atoms with E-state index < -0.39 is 0 Å². The second kappa shape index (κ2) is 5.44. The van der Waals surface area contributed by atoms with E-state index in [-0.39, 0.29) is 6.04 Å². The van der Waals surface area contributed by atoms with Crippen molar-refractivity contribution >= 4 is 28.9 Å². The molecule has 0 aliphatic rings. The third-order valence-corrected chi connectivity index (χ3v) is 2.57. The van der Waals surface area contributed by atoms with Gasteiger partial charge in [0, 0.05) is 17.6 Å². The zero-order valence-corrected chi connectivity index (χ0v) is 9.57. The van der Waals surface area contributed by atoms with E-state index in [4.69, 9.17) is 28.9 Å². The summed E-state index contributed by atoms with van der Waals surface area (Å²) in [6.45, 7) is 2.75. The van der Waals surface area contributed by atoms with Crippen LogP contribution in [0.25, 0.3) is 0 Å². The number of hydrogen-bond acceptors (Lipinski definition) is 2. The lowest BCUT2D eigenvalue weighted by Crippen LogP contribution is -2.28. The van der Waals surface area contributed by atoms with Gasteiger partial charge in [-0.2, -0.15) is 0 Å². The van der Waals surface area contributed by atoms with Crippen molar-refractivity contribution in [3.63, 3.8) is 0 Å². The van der Waals surface area contributed by atoms with Gasteiger partial charge in [0.25, 0.3) is 0 Å². The van der Waals surface area contributed by atoms with Crippen LogP contribution in [0.15, 0.2) is 18.2 Å². The van der Waals surface area contributed by atoms with E-state index in [0.29, 0.717) is 16.6 Å². The molecule has 1 unspecified atom stereocenters. The second-order valence-corrected chi connectivity index (χ2v) is 4.02. The van der Waals surface area contributed by atoms with Crippen LogP contribution < -0.4 is 11.1 Å². The molecule has 14 heavy (non-hydrogen) atoms. The highest BCUT2D eigenvalue weighted by Crippen LogP contribution is 2.25. The molecule has 78 valence electrons. The average molecular weight is 233 g/mol. The van der Waals surface area contributed by atoms with Crippen LogP contribution in [0.2, 0.25) is 10.0 Å². The maximum Gasteiger partial charge on any atom is 0.0638 e. The fraction of sp³-hybridized carbons (Fsp3) is 0.400. The first-order chi connectivity index (χ1) is 6.63. The molecule has 2 nitrogen and oxygen atoms in total. The molecule has 1 aromatic carbocycles. The molecular weight excluding hydrogens is 219 g/mol. The summed E-state index contributed by atoms with van der Waals surface area (Å²) >= 11 is 11.8. The van der Waals surface area contributed by atoms with Crippen molar-refractivity contribution in [3.8, 4) is 0 Å². The molecule has 1 rings (SSSR count). The number of nitrogens with two attached hydrogens (primary N) is 1. The van der Waals surface area contributed by atoms with Crippen LogP contribution in [0, 0.1) is 0 Å². The van der Waals surface area contributed by atoms with Gasteiger partial charge in [0.1, 0.15) is 0 Å². The first-order valence-corrected chi connectivity index (χ1v) is 5.33. The van der Waals surface area contributed by atoms with Gasteiger partial charge < -0.3 is 11.1 Å². The van der Waals surface area contributed by atoms with Crippen LogP contribution in [0.4, 0.5) is 5.69 Å². The van der Waals surface area contributed by atoms with E-state index in [1.165, 1.54) is 0 Å². The van der Waals surface area contributed by atoms with Crippen LogP contribution in [-0.4, -0.2) is 12.6 Å². The van der Waals surface area contributed by atoms with Crippen molar-refractivity contribution in [1.29, 1.82) is 0 Å². The van der Waals surface area contributed by atoms with Gasteiger partial charge in [-0.3, -0.25) is 0 Å². The molecule has 0 bridgehead atoms. The molecule has 1 aromatic rings. The number of rotatable bonds is 4. The molecule has 0 radical (unpaired) electrons. The predicted molar refractivity (Wildman–Crippen MR) is 63.2 cm³/mol. The molecule has 0 heterocycles. The maximum absolute atomic E-state index is 5.96. The lowest BCUT2D eigenvalue weighted by molar-refractivity contribution is 0.679. The summed E-state index contributed by atoms with van der Waals surface area (Å²) in [5, 5.41) is 4.50. The summed E-state index contributed by atoms with van der Waals surface area (Å²) in [7, 11) is 0. The van der Waals surface area contributed by atoms with E-state index in [0.717, 1.165) is 12.1 Å². The van der Waals surface area contributed by atoms with Crippen LogP contribution >= 0.6 is 23.2 Å². The molecule has 3 N–H and O–H groups in total. The molecule has 0 fully saturated rings. The molecule has 0 saturated heterocycles. The standard InChI is InChI=1S/C10H14Cl2N2/c1-2-8(13)6-14-10-5-7(11)3-4-9(10)12/h3-5,8,14H,2,6,13H2,1H3. The van der Waals surface area contributed by atoms with Crippen molar-refractivity contribution in [2.24, 2.45) is 5.73 Å². The van der Waals surface area contributed by atoms with Crippen molar-refractivity contribution in [2.75, 3.05) is 11.9 Å². The zero-order valence-electron chi connectivity index (χ0n) is 8.06. The Morgan fingerprint density at radius 3 is 2.79 bits per heavy atom. The summed E-state index contributed by atoms with van der Waals surface area (Å²) < 4.78 is 0. The molecule has 0 amide bonds. The van der Waals surface area contributed by atoms with Gasteiger partial charge in [0.2, 0.25) is 0 Å².